The molecule has 248 valence electrons. The zero-order valence-corrected chi connectivity index (χ0v) is 25.2. The summed E-state index contributed by atoms with van der Waals surface area (Å²) < 4.78 is 79.3. The molecule has 0 aliphatic carbocycles. The van der Waals surface area contributed by atoms with E-state index in [2.05, 4.69) is 20.4 Å². The van der Waals surface area contributed by atoms with Gasteiger partial charge in [-0.25, -0.2) is 23.4 Å². The second kappa shape index (κ2) is 14.0. The van der Waals surface area contributed by atoms with E-state index in [9.17, 15) is 31.5 Å². The van der Waals surface area contributed by atoms with Gasteiger partial charge < -0.3 is 24.6 Å². The average molecular weight is 652 g/mol. The van der Waals surface area contributed by atoms with Crippen LogP contribution in [0.5, 0.6) is 5.75 Å². The van der Waals surface area contributed by atoms with Crippen LogP contribution in [-0.2, 0) is 22.3 Å². The lowest BCUT2D eigenvalue weighted by molar-refractivity contribution is -0.139. The molecule has 0 spiro atoms. The number of carbonyl (C=O) groups is 1. The van der Waals surface area contributed by atoms with Crippen molar-refractivity contribution in [1.29, 1.82) is 0 Å². The number of methoxy groups -OCH3 is 1. The molecule has 1 unspecified atom stereocenters. The Hall–Kier alpha value is -4.34. The van der Waals surface area contributed by atoms with Crippen LogP contribution in [0.25, 0.3) is 0 Å². The highest BCUT2D eigenvalue weighted by Crippen LogP contribution is 2.32. The van der Waals surface area contributed by atoms with Crippen molar-refractivity contribution in [2.24, 2.45) is 0 Å². The molecular weight excluding hydrogens is 617 g/mol. The normalized spacial score (nSPS) is 18.3. The molecule has 4 heterocycles. The second-order valence-electron chi connectivity index (χ2n) is 11.3. The molecule has 1 amide bonds. The summed E-state index contributed by atoms with van der Waals surface area (Å²) in [5.41, 5.74) is -2.80. The van der Waals surface area contributed by atoms with Gasteiger partial charge in [0.05, 0.1) is 37.7 Å². The van der Waals surface area contributed by atoms with Crippen molar-refractivity contribution in [3.63, 3.8) is 0 Å². The van der Waals surface area contributed by atoms with Gasteiger partial charge in [-0.15, -0.1) is 0 Å². The van der Waals surface area contributed by atoms with E-state index in [1.54, 1.807) is 36.1 Å². The predicted molar refractivity (Wildman–Crippen MR) is 157 cm³/mol. The summed E-state index contributed by atoms with van der Waals surface area (Å²) in [5, 5.41) is 6.64. The first-order valence-corrected chi connectivity index (χ1v) is 14.8. The van der Waals surface area contributed by atoms with Crippen molar-refractivity contribution in [1.82, 2.24) is 24.6 Å². The quantitative estimate of drug-likeness (QED) is 0.306. The highest BCUT2D eigenvalue weighted by Gasteiger charge is 2.40. The molecule has 3 aromatic rings. The Morgan fingerprint density at radius 1 is 1.00 bits per heavy atom. The number of hydrogen-bond acceptors (Lipinski definition) is 9. The van der Waals surface area contributed by atoms with Gasteiger partial charge in [0.2, 0.25) is 5.95 Å². The topological polar surface area (TPSA) is 115 Å². The van der Waals surface area contributed by atoms with Crippen LogP contribution < -0.4 is 20.5 Å². The fourth-order valence-electron chi connectivity index (χ4n) is 5.63. The summed E-state index contributed by atoms with van der Waals surface area (Å²) in [4.78, 5) is 37.7. The van der Waals surface area contributed by atoms with E-state index in [0.29, 0.717) is 56.2 Å². The molecule has 2 fully saturated rings. The zero-order chi connectivity index (χ0) is 33.0. The van der Waals surface area contributed by atoms with Crippen molar-refractivity contribution in [3.8, 4) is 5.75 Å². The van der Waals surface area contributed by atoms with Gasteiger partial charge >= 0.3 is 6.18 Å². The van der Waals surface area contributed by atoms with Crippen LogP contribution in [-0.4, -0.2) is 82.1 Å². The van der Waals surface area contributed by atoms with Crippen molar-refractivity contribution < 1.29 is 36.2 Å². The van der Waals surface area contributed by atoms with E-state index in [0.717, 1.165) is 23.3 Å². The molecule has 0 bridgehead atoms. The van der Waals surface area contributed by atoms with Crippen LogP contribution in [0.15, 0.2) is 47.7 Å². The largest absolute Gasteiger partial charge is 0.497 e. The monoisotopic (exact) mass is 651 g/mol. The van der Waals surface area contributed by atoms with Crippen molar-refractivity contribution in [3.05, 3.63) is 69.9 Å². The average Bonchev–Trinajstić information content (AvgIpc) is 3.41. The van der Waals surface area contributed by atoms with Crippen LogP contribution in [0.1, 0.15) is 49.3 Å². The lowest BCUT2D eigenvalue weighted by atomic mass is 10.0. The van der Waals surface area contributed by atoms with Gasteiger partial charge in [0, 0.05) is 50.5 Å². The first-order chi connectivity index (χ1) is 21.9. The van der Waals surface area contributed by atoms with Gasteiger partial charge in [0.15, 0.2) is 0 Å². The van der Waals surface area contributed by atoms with Crippen LogP contribution in [0, 0.1) is 0 Å². The highest BCUT2D eigenvalue weighted by atomic mass is 19.4. The van der Waals surface area contributed by atoms with Crippen LogP contribution in [0.3, 0.4) is 0 Å². The van der Waals surface area contributed by atoms with Crippen molar-refractivity contribution in [2.45, 2.75) is 63.5 Å². The number of nitrogens with zero attached hydrogens (tertiary/aromatic N) is 6. The molecule has 2 aromatic heterocycles. The first-order valence-electron chi connectivity index (χ1n) is 14.8. The summed E-state index contributed by atoms with van der Waals surface area (Å²) in [5.74, 6) is 0.733. The summed E-state index contributed by atoms with van der Waals surface area (Å²) in [6.45, 7) is 2.91. The number of ether oxygens (including phenoxy) is 2. The number of piperidine rings is 1. The molecule has 2 aliphatic rings. The Morgan fingerprint density at radius 3 is 2.28 bits per heavy atom. The minimum Gasteiger partial charge on any atom is -0.497 e. The number of aromatic nitrogens is 4. The standard InChI is InChI=1S/C30H34F5N7O4/c1-18(39-23-15-38-42(28(44)25(23)30(33,34)35)16-19-3-5-22(45-2)6-4-19)17-46-24-9-12-41(27(24)43)21-7-10-40(11-8-21)29-36-13-20(14-37-29)26(31)32/h3-6,13-15,18,21,24,26,39H,7-12,16-17H2,1-2H3/t18-,24?/m0/s1. The molecule has 1 aromatic carbocycles. The van der Waals surface area contributed by atoms with Gasteiger partial charge in [-0.3, -0.25) is 9.59 Å². The van der Waals surface area contributed by atoms with E-state index >= 15 is 0 Å². The number of halogens is 5. The molecular formula is C30H34F5N7O4. The number of alkyl halides is 5. The second-order valence-corrected chi connectivity index (χ2v) is 11.3. The maximum atomic E-state index is 14.0. The molecule has 5 rings (SSSR count). The van der Waals surface area contributed by atoms with Gasteiger partial charge in [0.1, 0.15) is 17.4 Å². The molecule has 16 heteroatoms. The Kier molecular flexibility index (Phi) is 10.0. The molecule has 2 saturated heterocycles. The van der Waals surface area contributed by atoms with Crippen molar-refractivity contribution in [2.75, 3.05) is 43.6 Å². The number of likely N-dealkylation sites (tertiary alicyclic amines) is 1. The number of amides is 1. The number of rotatable bonds is 11. The third kappa shape index (κ3) is 7.54. The maximum absolute atomic E-state index is 14.0. The molecule has 0 radical (unpaired) electrons. The Balaban J connectivity index is 1.14. The summed E-state index contributed by atoms with van der Waals surface area (Å²) in [6, 6.07) is 5.82. The number of nitrogens with one attached hydrogen (secondary N) is 1. The molecule has 1 N–H and O–H groups in total. The third-order valence-corrected chi connectivity index (χ3v) is 8.06. The number of carbonyl (C=O) groups excluding carboxylic acids is 1. The third-order valence-electron chi connectivity index (χ3n) is 8.06. The fourth-order valence-corrected chi connectivity index (χ4v) is 5.63. The molecule has 2 aliphatic heterocycles. The SMILES string of the molecule is COc1ccc(Cn2ncc(N[C@@H](C)COC3CCN(C4CCN(c5ncc(C(F)F)cn5)CC4)C3=O)c(C(F)(F)F)c2=O)cc1. The highest BCUT2D eigenvalue weighted by molar-refractivity contribution is 5.83. The molecule has 11 nitrogen and oxygen atoms in total. The fraction of sp³-hybridized carbons (Fsp3) is 0.500. The minimum absolute atomic E-state index is 0.0435. The van der Waals surface area contributed by atoms with Gasteiger partial charge in [-0.1, -0.05) is 12.1 Å². The minimum atomic E-state index is -4.94. The van der Waals surface area contributed by atoms with Crippen molar-refractivity contribution >= 4 is 17.5 Å². The first kappa shape index (κ1) is 33.0. The molecule has 0 saturated carbocycles. The van der Waals surface area contributed by atoms with E-state index in [1.807, 2.05) is 4.90 Å². The number of anilines is 2. The molecule has 46 heavy (non-hydrogen) atoms. The zero-order valence-electron chi connectivity index (χ0n) is 25.2. The lowest BCUT2D eigenvalue weighted by Gasteiger charge is -2.36. The summed E-state index contributed by atoms with van der Waals surface area (Å²) in [7, 11) is 1.49. The van der Waals surface area contributed by atoms with Gasteiger partial charge in [-0.2, -0.15) is 18.3 Å². The number of hydrogen-bond donors (Lipinski definition) is 1. The number of benzene rings is 1. The van der Waals surface area contributed by atoms with E-state index < -0.39 is 41.6 Å². The van der Waals surface area contributed by atoms with Gasteiger partial charge in [-0.05, 0) is 37.5 Å². The predicted octanol–water partition coefficient (Wildman–Crippen LogP) is 4.13. The summed E-state index contributed by atoms with van der Waals surface area (Å²) >= 11 is 0. The van der Waals surface area contributed by atoms with Crippen LogP contribution in [0.2, 0.25) is 0 Å². The van der Waals surface area contributed by atoms with Gasteiger partial charge in [0.25, 0.3) is 17.9 Å². The van der Waals surface area contributed by atoms with E-state index in [1.165, 1.54) is 7.11 Å². The van der Waals surface area contributed by atoms with Crippen LogP contribution >= 0.6 is 0 Å². The Morgan fingerprint density at radius 2 is 1.67 bits per heavy atom. The summed E-state index contributed by atoms with van der Waals surface area (Å²) in [6.07, 6.45) is -3.44. The maximum Gasteiger partial charge on any atom is 0.423 e. The lowest BCUT2D eigenvalue weighted by Crippen LogP contribution is -2.47. The smallest absolute Gasteiger partial charge is 0.423 e. The Labute approximate surface area is 261 Å². The van der Waals surface area contributed by atoms with E-state index in [4.69, 9.17) is 9.47 Å². The molecule has 2 atom stereocenters. The van der Waals surface area contributed by atoms with E-state index in [-0.39, 0.29) is 30.7 Å². The Bertz CT molecular complexity index is 1550. The van der Waals surface area contributed by atoms with Crippen LogP contribution in [0.4, 0.5) is 33.6 Å².